The van der Waals surface area contributed by atoms with Gasteiger partial charge in [0, 0.05) is 12.3 Å². The van der Waals surface area contributed by atoms with E-state index >= 15 is 0 Å². The second-order valence-corrected chi connectivity index (χ2v) is 6.58. The molecule has 0 amide bonds. The van der Waals surface area contributed by atoms with E-state index in [4.69, 9.17) is 0 Å². The Kier molecular flexibility index (Phi) is 5.54. The van der Waals surface area contributed by atoms with Gasteiger partial charge in [-0.2, -0.15) is 0 Å². The summed E-state index contributed by atoms with van der Waals surface area (Å²) in [6, 6.07) is 17.2. The van der Waals surface area contributed by atoms with Crippen molar-refractivity contribution in [2.24, 2.45) is 0 Å². The van der Waals surface area contributed by atoms with Gasteiger partial charge in [-0.15, -0.1) is 0 Å². The molecule has 23 heavy (non-hydrogen) atoms. The zero-order chi connectivity index (χ0) is 16.7. The Hall–Kier alpha value is -2.60. The zero-order valence-corrected chi connectivity index (χ0v) is 13.4. The van der Waals surface area contributed by atoms with Crippen LogP contribution in [0.4, 0.5) is 0 Å². The number of ether oxygens (including phenoxy) is 1. The molecule has 0 spiro atoms. The average molecular weight is 331 g/mol. The molecular weight excluding hydrogens is 314 g/mol. The molecule has 0 heterocycles. The molecule has 0 unspecified atom stereocenters. The Balaban J connectivity index is 2.36. The molecule has 2 aromatic rings. The maximum absolute atomic E-state index is 12.8. The fraction of sp³-hybridized carbons (Fsp3) is 0.118. The van der Waals surface area contributed by atoms with E-state index in [1.54, 1.807) is 18.2 Å². The van der Waals surface area contributed by atoms with Crippen LogP contribution < -0.4 is 0 Å². The van der Waals surface area contributed by atoms with Gasteiger partial charge in [-0.3, -0.25) is 4.31 Å². The van der Waals surface area contributed by atoms with Crippen molar-refractivity contribution in [1.82, 2.24) is 4.31 Å². The van der Waals surface area contributed by atoms with Crippen molar-refractivity contribution < 1.29 is 17.9 Å². The summed E-state index contributed by atoms with van der Waals surface area (Å²) < 4.78 is 31.2. The number of esters is 1. The fourth-order valence-corrected chi connectivity index (χ4v) is 3.23. The predicted molar refractivity (Wildman–Crippen MR) is 86.8 cm³/mol. The van der Waals surface area contributed by atoms with Crippen LogP contribution in [0.2, 0.25) is 0 Å². The summed E-state index contributed by atoms with van der Waals surface area (Å²) in [7, 11) is -2.53. The lowest BCUT2D eigenvalue weighted by molar-refractivity contribution is -0.134. The second kappa shape index (κ2) is 7.60. The first-order valence-electron chi connectivity index (χ1n) is 6.91. The first-order chi connectivity index (χ1) is 11.0. The largest absolute Gasteiger partial charge is 0.466 e. The number of carbonyl (C=O) groups excluding carboxylic acids is 1. The summed E-state index contributed by atoms with van der Waals surface area (Å²) in [6.45, 7) is 0.117. The van der Waals surface area contributed by atoms with Crippen LogP contribution in [0.25, 0.3) is 0 Å². The average Bonchev–Trinajstić information content (AvgIpc) is 2.59. The van der Waals surface area contributed by atoms with Gasteiger partial charge >= 0.3 is 5.97 Å². The predicted octanol–water partition coefficient (Wildman–Crippen LogP) is 2.56. The van der Waals surface area contributed by atoms with Crippen LogP contribution in [0.3, 0.4) is 0 Å². The molecule has 0 aromatic heterocycles. The highest BCUT2D eigenvalue weighted by Crippen LogP contribution is 2.18. The monoisotopic (exact) mass is 331 g/mol. The smallest absolute Gasteiger partial charge is 0.331 e. The molecule has 2 rings (SSSR count). The number of rotatable bonds is 6. The molecule has 0 fully saturated rings. The normalized spacial score (nSPS) is 11.3. The Labute approximate surface area is 135 Å². The highest BCUT2D eigenvalue weighted by atomic mass is 32.2. The lowest BCUT2D eigenvalue weighted by atomic mass is 10.2. The van der Waals surface area contributed by atoms with Gasteiger partial charge in [-0.25, -0.2) is 13.2 Å². The Bertz CT molecular complexity index is 771. The third kappa shape index (κ3) is 4.43. The van der Waals surface area contributed by atoms with Crippen LogP contribution in [0.1, 0.15) is 5.56 Å². The van der Waals surface area contributed by atoms with Gasteiger partial charge in [-0.1, -0.05) is 48.5 Å². The summed E-state index contributed by atoms with van der Waals surface area (Å²) in [6.07, 6.45) is 2.31. The van der Waals surface area contributed by atoms with Crippen LogP contribution in [0, 0.1) is 0 Å². The van der Waals surface area contributed by atoms with Crippen molar-refractivity contribution in [2.45, 2.75) is 11.4 Å². The molecule has 5 nitrogen and oxygen atoms in total. The molecular formula is C17H17NO4S. The van der Waals surface area contributed by atoms with Crippen LogP contribution in [-0.2, 0) is 26.1 Å². The minimum absolute atomic E-state index is 0.117. The van der Waals surface area contributed by atoms with Gasteiger partial charge < -0.3 is 4.74 Å². The molecule has 0 saturated heterocycles. The summed E-state index contributed by atoms with van der Waals surface area (Å²) in [5, 5.41) is 0. The van der Waals surface area contributed by atoms with E-state index in [1.807, 2.05) is 30.3 Å². The number of benzene rings is 2. The van der Waals surface area contributed by atoms with Gasteiger partial charge in [0.1, 0.15) is 0 Å². The van der Waals surface area contributed by atoms with E-state index in [-0.39, 0.29) is 11.4 Å². The maximum atomic E-state index is 12.8. The molecule has 6 heteroatoms. The summed E-state index contributed by atoms with van der Waals surface area (Å²) in [5.74, 6) is -0.619. The van der Waals surface area contributed by atoms with Crippen molar-refractivity contribution >= 4 is 16.0 Å². The summed E-state index contributed by atoms with van der Waals surface area (Å²) in [4.78, 5) is 11.5. The van der Waals surface area contributed by atoms with Crippen molar-refractivity contribution in [3.8, 4) is 0 Å². The van der Waals surface area contributed by atoms with Crippen LogP contribution in [-0.4, -0.2) is 25.8 Å². The van der Waals surface area contributed by atoms with Gasteiger partial charge in [0.15, 0.2) is 0 Å². The quantitative estimate of drug-likeness (QED) is 0.603. The number of carbonyl (C=O) groups is 1. The van der Waals surface area contributed by atoms with E-state index in [0.717, 1.165) is 15.9 Å². The number of hydrogen-bond acceptors (Lipinski definition) is 4. The number of hydrogen-bond donors (Lipinski definition) is 0. The molecule has 0 aliphatic carbocycles. The van der Waals surface area contributed by atoms with Crippen molar-refractivity contribution in [3.05, 3.63) is 78.5 Å². The van der Waals surface area contributed by atoms with Crippen LogP contribution in [0.5, 0.6) is 0 Å². The SMILES string of the molecule is COC(=O)/C=C/N(Cc1ccccc1)S(=O)(=O)c1ccccc1. The first kappa shape index (κ1) is 16.8. The number of nitrogens with zero attached hydrogens (tertiary/aromatic N) is 1. The molecule has 2 aromatic carbocycles. The second-order valence-electron chi connectivity index (χ2n) is 4.69. The van der Waals surface area contributed by atoms with Crippen LogP contribution >= 0.6 is 0 Å². The minimum atomic E-state index is -3.76. The molecule has 0 N–H and O–H groups in total. The number of methoxy groups -OCH3 is 1. The highest BCUT2D eigenvalue weighted by Gasteiger charge is 2.21. The maximum Gasteiger partial charge on any atom is 0.331 e. The molecule has 0 aliphatic heterocycles. The number of sulfonamides is 1. The van der Waals surface area contributed by atoms with Crippen LogP contribution in [0.15, 0.2) is 77.8 Å². The van der Waals surface area contributed by atoms with Gasteiger partial charge in [0.25, 0.3) is 10.0 Å². The van der Waals surface area contributed by atoms with Gasteiger partial charge in [-0.05, 0) is 17.7 Å². The molecule has 120 valence electrons. The van der Waals surface area contributed by atoms with Crippen molar-refractivity contribution in [1.29, 1.82) is 0 Å². The third-order valence-electron chi connectivity index (χ3n) is 3.11. The molecule has 0 saturated carbocycles. The van der Waals surface area contributed by atoms with E-state index in [0.29, 0.717) is 0 Å². The van der Waals surface area contributed by atoms with E-state index in [9.17, 15) is 13.2 Å². The zero-order valence-electron chi connectivity index (χ0n) is 12.6. The van der Waals surface area contributed by atoms with E-state index < -0.39 is 16.0 Å². The molecule has 0 bridgehead atoms. The molecule has 0 aliphatic rings. The third-order valence-corrected chi connectivity index (χ3v) is 4.85. The van der Waals surface area contributed by atoms with Crippen molar-refractivity contribution in [2.75, 3.05) is 7.11 Å². The fourth-order valence-electron chi connectivity index (χ4n) is 1.92. The lowest BCUT2D eigenvalue weighted by Gasteiger charge is -2.20. The van der Waals surface area contributed by atoms with Crippen molar-refractivity contribution in [3.63, 3.8) is 0 Å². The standard InChI is InChI=1S/C17H17NO4S/c1-22-17(19)12-13-18(14-15-8-4-2-5-9-15)23(20,21)16-10-6-3-7-11-16/h2-13H,14H2,1H3/b13-12+. The molecule has 0 atom stereocenters. The van der Waals surface area contributed by atoms with E-state index in [2.05, 4.69) is 4.74 Å². The van der Waals surface area contributed by atoms with Gasteiger partial charge in [0.2, 0.25) is 0 Å². The van der Waals surface area contributed by atoms with Gasteiger partial charge in [0.05, 0.1) is 18.6 Å². The lowest BCUT2D eigenvalue weighted by Crippen LogP contribution is -2.26. The Morgan fingerprint density at radius 1 is 1.04 bits per heavy atom. The summed E-state index contributed by atoms with van der Waals surface area (Å²) >= 11 is 0. The first-order valence-corrected chi connectivity index (χ1v) is 8.35. The van der Waals surface area contributed by atoms with E-state index in [1.165, 1.54) is 25.4 Å². The molecule has 0 radical (unpaired) electrons. The Morgan fingerprint density at radius 2 is 1.61 bits per heavy atom. The Morgan fingerprint density at radius 3 is 2.17 bits per heavy atom. The summed E-state index contributed by atoms with van der Waals surface area (Å²) in [5.41, 5.74) is 0.807. The highest BCUT2D eigenvalue weighted by molar-refractivity contribution is 7.89. The minimum Gasteiger partial charge on any atom is -0.466 e. The topological polar surface area (TPSA) is 63.7 Å².